The van der Waals surface area contributed by atoms with Gasteiger partial charge in [-0.15, -0.1) is 0 Å². The van der Waals surface area contributed by atoms with Gasteiger partial charge in [0.1, 0.15) is 0 Å². The fourth-order valence-electron chi connectivity index (χ4n) is 2.74. The van der Waals surface area contributed by atoms with Gasteiger partial charge in [0.2, 0.25) is 0 Å². The smallest absolute Gasteiger partial charge is 0.266 e. The summed E-state index contributed by atoms with van der Waals surface area (Å²) in [6.07, 6.45) is 1.94. The van der Waals surface area contributed by atoms with Gasteiger partial charge < -0.3 is 0 Å². The van der Waals surface area contributed by atoms with E-state index in [2.05, 4.69) is 0 Å². The zero-order valence-electron chi connectivity index (χ0n) is 14.0. The van der Waals surface area contributed by atoms with Crippen LogP contribution in [0, 0.1) is 6.92 Å². The van der Waals surface area contributed by atoms with Gasteiger partial charge >= 0.3 is 0 Å². The van der Waals surface area contributed by atoms with E-state index in [0.29, 0.717) is 6.42 Å². The van der Waals surface area contributed by atoms with Gasteiger partial charge in [-0.3, -0.25) is 4.79 Å². The van der Waals surface area contributed by atoms with Gasteiger partial charge in [-0.2, -0.15) is 0 Å². The van der Waals surface area contributed by atoms with E-state index >= 15 is 0 Å². The second-order valence-electron chi connectivity index (χ2n) is 6.03. The molecule has 1 aliphatic heterocycles. The molecule has 1 atom stereocenters. The van der Waals surface area contributed by atoms with Crippen molar-refractivity contribution in [3.05, 3.63) is 71.1 Å². The number of rotatable bonds is 4. The number of carbonyl (C=O) groups is 1. The molecular weight excluding hydrogens is 354 g/mol. The molecular formula is C19H19NO3S2. The largest absolute Gasteiger partial charge is 0.269 e. The third-order valence-electron chi connectivity index (χ3n) is 3.97. The number of hydrogen-bond donors (Lipinski definition) is 0. The molecule has 0 radical (unpaired) electrons. The first-order valence-electron chi connectivity index (χ1n) is 7.96. The van der Waals surface area contributed by atoms with E-state index in [-0.39, 0.29) is 4.90 Å². The van der Waals surface area contributed by atoms with Crippen LogP contribution < -0.4 is 0 Å². The number of amides is 1. The second-order valence-corrected chi connectivity index (χ2v) is 9.05. The number of benzene rings is 2. The van der Waals surface area contributed by atoms with Crippen LogP contribution in [0.1, 0.15) is 18.9 Å². The molecule has 25 heavy (non-hydrogen) atoms. The highest BCUT2D eigenvalue weighted by Crippen LogP contribution is 2.35. The number of nitrogens with zero attached hydrogens (tertiary/aromatic N) is 1. The van der Waals surface area contributed by atoms with Crippen molar-refractivity contribution in [3.63, 3.8) is 0 Å². The van der Waals surface area contributed by atoms with Crippen molar-refractivity contribution < 1.29 is 13.2 Å². The van der Waals surface area contributed by atoms with Crippen LogP contribution in [0.15, 0.2) is 75.4 Å². The zero-order chi connectivity index (χ0) is 18.0. The molecule has 0 bridgehead atoms. The molecule has 1 amide bonds. The predicted octanol–water partition coefficient (Wildman–Crippen LogP) is 3.98. The summed E-state index contributed by atoms with van der Waals surface area (Å²) < 4.78 is 26.7. The van der Waals surface area contributed by atoms with Gasteiger partial charge in [-0.05, 0) is 43.0 Å². The lowest BCUT2D eigenvalue weighted by atomic mass is 10.1. The summed E-state index contributed by atoms with van der Waals surface area (Å²) in [5.41, 5.74) is 0.971. The number of hydrogen-bond acceptors (Lipinski definition) is 4. The summed E-state index contributed by atoms with van der Waals surface area (Å²) in [5, 5.41) is 0. The Morgan fingerprint density at radius 3 is 2.28 bits per heavy atom. The van der Waals surface area contributed by atoms with Gasteiger partial charge in [0.15, 0.2) is 0 Å². The summed E-state index contributed by atoms with van der Waals surface area (Å²) in [6, 6.07) is 15.9. The van der Waals surface area contributed by atoms with E-state index in [1.807, 2.05) is 37.3 Å². The molecule has 6 heteroatoms. The Morgan fingerprint density at radius 2 is 1.68 bits per heavy atom. The molecule has 1 aliphatic rings. The molecule has 0 saturated carbocycles. The van der Waals surface area contributed by atoms with Crippen LogP contribution in [0.5, 0.6) is 0 Å². The van der Waals surface area contributed by atoms with E-state index < -0.39 is 22.0 Å². The minimum absolute atomic E-state index is 0.144. The summed E-state index contributed by atoms with van der Waals surface area (Å²) in [5.74, 6) is -0.488. The van der Waals surface area contributed by atoms with Crippen molar-refractivity contribution in [1.82, 2.24) is 4.31 Å². The SMILES string of the molecule is Cc1ccc(S(=O)(=O)N2C(=O)C=C(Sc3ccccc3)CC2C)cc1. The Labute approximate surface area is 152 Å². The maximum absolute atomic E-state index is 12.9. The lowest BCUT2D eigenvalue weighted by Crippen LogP contribution is -2.44. The van der Waals surface area contributed by atoms with E-state index in [1.165, 1.54) is 17.8 Å². The lowest BCUT2D eigenvalue weighted by Gasteiger charge is -2.31. The molecule has 3 rings (SSSR count). The maximum atomic E-state index is 12.9. The van der Waals surface area contributed by atoms with Crippen LogP contribution in [0.2, 0.25) is 0 Å². The van der Waals surface area contributed by atoms with E-state index in [0.717, 1.165) is 19.7 Å². The first-order chi connectivity index (χ1) is 11.9. The first kappa shape index (κ1) is 17.8. The summed E-state index contributed by atoms with van der Waals surface area (Å²) in [6.45, 7) is 3.66. The molecule has 2 aromatic rings. The Balaban J connectivity index is 1.87. The third-order valence-corrected chi connectivity index (χ3v) is 6.95. The molecule has 0 fully saturated rings. The predicted molar refractivity (Wildman–Crippen MR) is 99.7 cm³/mol. The average Bonchev–Trinajstić information content (AvgIpc) is 2.55. The second kappa shape index (κ2) is 7.06. The molecule has 0 aliphatic carbocycles. The number of carbonyl (C=O) groups excluding carboxylic acids is 1. The first-order valence-corrected chi connectivity index (χ1v) is 10.2. The molecule has 0 aromatic heterocycles. The molecule has 2 aromatic carbocycles. The monoisotopic (exact) mass is 373 g/mol. The van der Waals surface area contributed by atoms with Crippen molar-refractivity contribution in [2.45, 2.75) is 36.1 Å². The van der Waals surface area contributed by atoms with Crippen molar-refractivity contribution in [1.29, 1.82) is 0 Å². The standard InChI is InChI=1S/C19H19NO3S2/c1-14-8-10-18(11-9-14)25(22,23)20-15(2)12-17(13-19(20)21)24-16-6-4-3-5-7-16/h3-11,13,15H,12H2,1-2H3. The normalized spacial score (nSPS) is 18.2. The molecule has 1 heterocycles. The van der Waals surface area contributed by atoms with Gasteiger partial charge in [0, 0.05) is 17.4 Å². The molecule has 0 saturated heterocycles. The van der Waals surface area contributed by atoms with Crippen molar-refractivity contribution in [2.24, 2.45) is 0 Å². The Hall–Kier alpha value is -2.05. The fourth-order valence-corrected chi connectivity index (χ4v) is 5.37. The summed E-state index contributed by atoms with van der Waals surface area (Å²) in [4.78, 5) is 14.6. The lowest BCUT2D eigenvalue weighted by molar-refractivity contribution is -0.123. The van der Waals surface area contributed by atoms with Crippen molar-refractivity contribution >= 4 is 27.7 Å². The number of sulfonamides is 1. The highest BCUT2D eigenvalue weighted by molar-refractivity contribution is 8.03. The van der Waals surface area contributed by atoms with Crippen LogP contribution >= 0.6 is 11.8 Å². The minimum Gasteiger partial charge on any atom is -0.269 e. The van der Waals surface area contributed by atoms with Crippen LogP contribution in [0.4, 0.5) is 0 Å². The van der Waals surface area contributed by atoms with Gasteiger partial charge in [-0.25, -0.2) is 12.7 Å². The Kier molecular flexibility index (Phi) is 5.01. The van der Waals surface area contributed by atoms with Crippen LogP contribution in [-0.2, 0) is 14.8 Å². The maximum Gasteiger partial charge on any atom is 0.266 e. The zero-order valence-corrected chi connectivity index (χ0v) is 15.7. The number of aryl methyl sites for hydroxylation is 1. The highest BCUT2D eigenvalue weighted by atomic mass is 32.2. The van der Waals surface area contributed by atoms with E-state index in [4.69, 9.17) is 0 Å². The molecule has 0 spiro atoms. The van der Waals surface area contributed by atoms with Crippen molar-refractivity contribution in [2.75, 3.05) is 0 Å². The topological polar surface area (TPSA) is 54.5 Å². The minimum atomic E-state index is -3.84. The third kappa shape index (κ3) is 3.80. The molecule has 130 valence electrons. The Morgan fingerprint density at radius 1 is 1.04 bits per heavy atom. The van der Waals surface area contributed by atoms with Crippen LogP contribution in [0.3, 0.4) is 0 Å². The van der Waals surface area contributed by atoms with Gasteiger partial charge in [0.25, 0.3) is 15.9 Å². The quantitative estimate of drug-likeness (QED) is 0.813. The fraction of sp³-hybridized carbons (Fsp3) is 0.211. The average molecular weight is 373 g/mol. The molecule has 1 unspecified atom stereocenters. The Bertz CT molecular complexity index is 903. The van der Waals surface area contributed by atoms with Gasteiger partial charge in [-0.1, -0.05) is 47.7 Å². The van der Waals surface area contributed by atoms with E-state index in [1.54, 1.807) is 31.2 Å². The van der Waals surface area contributed by atoms with Gasteiger partial charge in [0.05, 0.1) is 10.9 Å². The summed E-state index contributed by atoms with van der Waals surface area (Å²) in [7, 11) is -3.84. The molecule has 4 nitrogen and oxygen atoms in total. The van der Waals surface area contributed by atoms with Crippen LogP contribution in [0.25, 0.3) is 0 Å². The van der Waals surface area contributed by atoms with Crippen molar-refractivity contribution in [3.8, 4) is 0 Å². The number of thioether (sulfide) groups is 1. The molecule has 0 N–H and O–H groups in total. The highest BCUT2D eigenvalue weighted by Gasteiger charge is 2.36. The van der Waals surface area contributed by atoms with Crippen LogP contribution in [-0.4, -0.2) is 24.7 Å². The van der Waals surface area contributed by atoms with E-state index in [9.17, 15) is 13.2 Å². The summed E-state index contributed by atoms with van der Waals surface area (Å²) >= 11 is 1.50.